The van der Waals surface area contributed by atoms with Crippen LogP contribution < -0.4 is 0 Å². The highest BCUT2D eigenvalue weighted by Crippen LogP contribution is 2.52. The van der Waals surface area contributed by atoms with E-state index in [-0.39, 0.29) is 17.7 Å². The van der Waals surface area contributed by atoms with Crippen molar-refractivity contribution in [3.63, 3.8) is 0 Å². The van der Waals surface area contributed by atoms with E-state index in [2.05, 4.69) is 4.90 Å². The van der Waals surface area contributed by atoms with Crippen molar-refractivity contribution in [3.05, 3.63) is 106 Å². The molecular weight excluding hydrogens is 511 g/mol. The van der Waals surface area contributed by atoms with Crippen molar-refractivity contribution < 1.29 is 35.5 Å². The monoisotopic (exact) mass is 537 g/mol. The topological polar surface area (TPSA) is 12.5 Å². The molecule has 5 rings (SSSR count). The third-order valence-electron chi connectivity index (χ3n) is 7.75. The maximum Gasteiger partial charge on any atom is 0.416 e. The number of alkyl halides is 6. The molecule has 0 radical (unpaired) electrons. The van der Waals surface area contributed by atoms with Gasteiger partial charge in [-0.1, -0.05) is 42.5 Å². The Bertz CT molecular complexity index is 1220. The lowest BCUT2D eigenvalue weighted by Gasteiger charge is -2.50. The third-order valence-corrected chi connectivity index (χ3v) is 7.75. The van der Waals surface area contributed by atoms with E-state index >= 15 is 0 Å². The number of hydrogen-bond donors (Lipinski definition) is 0. The molecule has 0 amide bonds. The second kappa shape index (κ2) is 10.0. The van der Waals surface area contributed by atoms with Gasteiger partial charge in [0, 0.05) is 12.6 Å². The number of benzene rings is 3. The summed E-state index contributed by atoms with van der Waals surface area (Å²) >= 11 is 0. The van der Waals surface area contributed by atoms with Gasteiger partial charge in [-0.25, -0.2) is 4.39 Å². The molecule has 3 unspecified atom stereocenters. The molecule has 2 bridgehead atoms. The van der Waals surface area contributed by atoms with E-state index in [4.69, 9.17) is 4.74 Å². The van der Waals surface area contributed by atoms with Crippen LogP contribution in [0.4, 0.5) is 30.7 Å². The smallest absolute Gasteiger partial charge is 0.371 e. The average molecular weight is 538 g/mol. The Balaban J connectivity index is 1.49. The van der Waals surface area contributed by atoms with Crippen LogP contribution in [0, 0.1) is 5.82 Å². The van der Waals surface area contributed by atoms with Crippen molar-refractivity contribution >= 4 is 0 Å². The van der Waals surface area contributed by atoms with Crippen LogP contribution in [0.5, 0.6) is 0 Å². The number of piperidine rings is 1. The summed E-state index contributed by atoms with van der Waals surface area (Å²) in [6.07, 6.45) is -7.49. The molecule has 3 atom stereocenters. The molecule has 0 aliphatic carbocycles. The lowest BCUT2D eigenvalue weighted by Crippen LogP contribution is -2.56. The van der Waals surface area contributed by atoms with Gasteiger partial charge < -0.3 is 4.74 Å². The summed E-state index contributed by atoms with van der Waals surface area (Å²) in [5, 5.41) is 0. The fraction of sp³-hybridized carbons (Fsp3) is 0.379. The molecule has 0 spiro atoms. The first-order chi connectivity index (χ1) is 18.0. The molecule has 202 valence electrons. The van der Waals surface area contributed by atoms with Gasteiger partial charge in [0.2, 0.25) is 0 Å². The maximum absolute atomic E-state index is 13.8. The van der Waals surface area contributed by atoms with Gasteiger partial charge in [-0.2, -0.15) is 26.3 Å². The normalized spacial score (nSPS) is 24.1. The van der Waals surface area contributed by atoms with Crippen molar-refractivity contribution in [2.45, 2.75) is 68.9 Å². The van der Waals surface area contributed by atoms with Gasteiger partial charge in [0.1, 0.15) is 5.82 Å². The molecular formula is C29H26F7NO. The number of nitrogens with zero attached hydrogens (tertiary/aromatic N) is 1. The van der Waals surface area contributed by atoms with Gasteiger partial charge in [-0.05, 0) is 72.7 Å². The Morgan fingerprint density at radius 3 is 2.00 bits per heavy atom. The molecule has 3 aromatic carbocycles. The minimum Gasteiger partial charge on any atom is -0.371 e. The molecule has 2 heterocycles. The molecule has 2 aliphatic heterocycles. The Labute approximate surface area is 216 Å². The number of halogens is 7. The van der Waals surface area contributed by atoms with Crippen molar-refractivity contribution in [3.8, 4) is 0 Å². The van der Waals surface area contributed by atoms with E-state index in [1.165, 1.54) is 12.1 Å². The van der Waals surface area contributed by atoms with Gasteiger partial charge in [-0.3, -0.25) is 4.90 Å². The zero-order valence-electron chi connectivity index (χ0n) is 20.3. The van der Waals surface area contributed by atoms with Crippen LogP contribution in [-0.4, -0.2) is 17.0 Å². The lowest BCUT2D eigenvalue weighted by atomic mass is 9.78. The van der Waals surface area contributed by atoms with Crippen LogP contribution in [-0.2, 0) is 35.8 Å². The van der Waals surface area contributed by atoms with Gasteiger partial charge in [-0.15, -0.1) is 0 Å². The van der Waals surface area contributed by atoms with E-state index in [0.717, 1.165) is 24.0 Å². The second-order valence-electron chi connectivity index (χ2n) is 10.0. The van der Waals surface area contributed by atoms with E-state index in [1.807, 2.05) is 30.3 Å². The van der Waals surface area contributed by atoms with Crippen molar-refractivity contribution in [1.29, 1.82) is 0 Å². The summed E-state index contributed by atoms with van der Waals surface area (Å²) in [5.41, 5.74) is -1.73. The van der Waals surface area contributed by atoms with Gasteiger partial charge >= 0.3 is 12.4 Å². The molecule has 2 fully saturated rings. The number of fused-ring (bicyclic) bond motifs is 2. The average Bonchev–Trinajstić information content (AvgIpc) is 3.10. The second-order valence-corrected chi connectivity index (χ2v) is 10.0. The highest BCUT2D eigenvalue weighted by atomic mass is 19.4. The summed E-state index contributed by atoms with van der Waals surface area (Å²) in [7, 11) is 0. The minimum absolute atomic E-state index is 0.118. The summed E-state index contributed by atoms with van der Waals surface area (Å²) in [6.45, 7) is 0.176. The molecule has 0 N–H and O–H groups in total. The Morgan fingerprint density at radius 2 is 1.39 bits per heavy atom. The summed E-state index contributed by atoms with van der Waals surface area (Å²) in [4.78, 5) is 2.32. The first-order valence-corrected chi connectivity index (χ1v) is 12.4. The molecule has 2 nitrogen and oxygen atoms in total. The molecule has 2 saturated heterocycles. The van der Waals surface area contributed by atoms with Gasteiger partial charge in [0.15, 0.2) is 0 Å². The first kappa shape index (κ1) is 26.7. The molecule has 9 heteroatoms. The van der Waals surface area contributed by atoms with Crippen LogP contribution >= 0.6 is 0 Å². The predicted octanol–water partition coefficient (Wildman–Crippen LogP) is 8.10. The standard InChI is InChI=1S/C29H26F7NO/c30-24-8-6-21(7-9-24)27-13-12-25(37(27)17-19-4-2-1-3-5-19)10-11-26(27)38-18-20-14-22(28(31,32)33)16-23(15-20)29(34,35)36/h1-9,14-16,25-26H,10-13,17-18H2. The lowest BCUT2D eigenvalue weighted by molar-refractivity contribution is -0.143. The number of ether oxygens (including phenoxy) is 1. The van der Waals surface area contributed by atoms with Crippen LogP contribution in [0.3, 0.4) is 0 Å². The van der Waals surface area contributed by atoms with Crippen molar-refractivity contribution in [1.82, 2.24) is 4.90 Å². The number of rotatable bonds is 6. The Kier molecular flexibility index (Phi) is 7.02. The van der Waals surface area contributed by atoms with Crippen LogP contribution in [0.1, 0.15) is 53.5 Å². The van der Waals surface area contributed by atoms with Crippen LogP contribution in [0.15, 0.2) is 72.8 Å². The van der Waals surface area contributed by atoms with E-state index < -0.39 is 47.5 Å². The summed E-state index contributed by atoms with van der Waals surface area (Å²) in [6, 6.07) is 17.7. The fourth-order valence-electron chi connectivity index (χ4n) is 6.05. The zero-order valence-corrected chi connectivity index (χ0v) is 20.3. The highest BCUT2D eigenvalue weighted by Gasteiger charge is 2.55. The Hall–Kier alpha value is -2.91. The van der Waals surface area contributed by atoms with E-state index in [1.54, 1.807) is 12.1 Å². The fourth-order valence-corrected chi connectivity index (χ4v) is 6.05. The minimum atomic E-state index is -4.93. The maximum atomic E-state index is 13.8. The molecule has 0 saturated carbocycles. The van der Waals surface area contributed by atoms with Gasteiger partial charge in [0.05, 0.1) is 29.4 Å². The molecule has 2 aliphatic rings. The Morgan fingerprint density at radius 1 is 0.763 bits per heavy atom. The largest absolute Gasteiger partial charge is 0.416 e. The summed E-state index contributed by atoms with van der Waals surface area (Å²) in [5.74, 6) is -0.397. The van der Waals surface area contributed by atoms with Crippen molar-refractivity contribution in [2.75, 3.05) is 0 Å². The van der Waals surface area contributed by atoms with Crippen LogP contribution in [0.25, 0.3) is 0 Å². The SMILES string of the molecule is Fc1ccc(C23CCC(CCC2OCc2cc(C(F)(F)F)cc(C(F)(F)F)c2)N3Cc2ccccc2)cc1. The van der Waals surface area contributed by atoms with Crippen LogP contribution in [0.2, 0.25) is 0 Å². The quantitative estimate of drug-likeness (QED) is 0.295. The van der Waals surface area contributed by atoms with Crippen molar-refractivity contribution in [2.24, 2.45) is 0 Å². The molecule has 0 aromatic heterocycles. The van der Waals surface area contributed by atoms with E-state index in [0.29, 0.717) is 31.5 Å². The molecule has 3 aromatic rings. The highest BCUT2D eigenvalue weighted by molar-refractivity contribution is 5.34. The van der Waals surface area contributed by atoms with E-state index in [9.17, 15) is 30.7 Å². The first-order valence-electron chi connectivity index (χ1n) is 12.4. The number of hydrogen-bond acceptors (Lipinski definition) is 2. The summed E-state index contributed by atoms with van der Waals surface area (Å²) < 4.78 is 100. The van der Waals surface area contributed by atoms with Gasteiger partial charge in [0.25, 0.3) is 0 Å². The third kappa shape index (κ3) is 5.18. The zero-order chi connectivity index (χ0) is 27.1. The predicted molar refractivity (Wildman–Crippen MR) is 127 cm³/mol. The molecule has 38 heavy (non-hydrogen) atoms.